The maximum absolute atomic E-state index is 7.74. The Morgan fingerprint density at radius 3 is 1.49 bits per heavy atom. The number of nitrogens with zero attached hydrogens (tertiary/aromatic N) is 2. The Hall–Kier alpha value is -5.48. The van der Waals surface area contributed by atoms with Crippen molar-refractivity contribution in [2.24, 2.45) is 0 Å². The molecule has 0 fully saturated rings. The molecular weight excluding hydrogens is 872 g/mol. The number of anilines is 6. The second kappa shape index (κ2) is 15.5. The molecule has 0 saturated heterocycles. The summed E-state index contributed by atoms with van der Waals surface area (Å²) in [7, 11) is 0. The number of furan rings is 1. The van der Waals surface area contributed by atoms with Crippen LogP contribution in [0, 0.1) is 13.8 Å². The van der Waals surface area contributed by atoms with Crippen LogP contribution in [0.1, 0.15) is 193 Å². The number of hydrogen-bond acceptors (Lipinski definition) is 3. The molecule has 4 aliphatic rings. The van der Waals surface area contributed by atoms with E-state index in [-0.39, 0.29) is 44.6 Å². The topological polar surface area (TPSA) is 19.6 Å². The van der Waals surface area contributed by atoms with Gasteiger partial charge in [-0.25, -0.2) is 0 Å². The summed E-state index contributed by atoms with van der Waals surface area (Å²) in [6.45, 7) is 45.2. The van der Waals surface area contributed by atoms with Crippen molar-refractivity contribution in [3.63, 3.8) is 0 Å². The summed E-state index contributed by atoms with van der Waals surface area (Å²) >= 11 is 0. The van der Waals surface area contributed by atoms with Gasteiger partial charge in [0.15, 0.2) is 0 Å². The second-order valence-corrected chi connectivity index (χ2v) is 28.6. The van der Waals surface area contributed by atoms with Crippen LogP contribution in [0.5, 0.6) is 0 Å². The predicted octanol–water partition coefficient (Wildman–Crippen LogP) is 17.4. The van der Waals surface area contributed by atoms with Crippen molar-refractivity contribution in [2.45, 2.75) is 195 Å². The van der Waals surface area contributed by atoms with Crippen molar-refractivity contribution in [3.05, 3.63) is 147 Å². The molecule has 0 radical (unpaired) electrons. The van der Waals surface area contributed by atoms with Crippen molar-refractivity contribution in [3.8, 4) is 11.1 Å². The molecule has 0 N–H and O–H groups in total. The Bertz CT molecular complexity index is 3390. The van der Waals surface area contributed by atoms with Crippen molar-refractivity contribution in [2.75, 3.05) is 9.80 Å². The minimum Gasteiger partial charge on any atom is -0.468 e. The van der Waals surface area contributed by atoms with Crippen LogP contribution in [-0.2, 0) is 37.9 Å². The number of aryl methyl sites for hydroxylation is 2. The summed E-state index contributed by atoms with van der Waals surface area (Å²) in [5.74, 6) is 0. The lowest BCUT2D eigenvalue weighted by atomic mass is 9.35. The summed E-state index contributed by atoms with van der Waals surface area (Å²) in [4.78, 5) is 5.24. The third-order valence-electron chi connectivity index (χ3n) is 18.2. The molecule has 4 heteroatoms. The van der Waals surface area contributed by atoms with Crippen LogP contribution in [0.3, 0.4) is 0 Å². The van der Waals surface area contributed by atoms with Gasteiger partial charge in [0.25, 0.3) is 6.71 Å². The zero-order valence-corrected chi connectivity index (χ0v) is 47.4. The van der Waals surface area contributed by atoms with Crippen LogP contribution in [-0.4, -0.2) is 6.71 Å². The molecule has 3 nitrogen and oxygen atoms in total. The molecule has 7 aromatic rings. The summed E-state index contributed by atoms with van der Waals surface area (Å²) in [5, 5.41) is 1.20. The highest BCUT2D eigenvalue weighted by Crippen LogP contribution is 2.55. The van der Waals surface area contributed by atoms with E-state index in [0.29, 0.717) is 0 Å². The van der Waals surface area contributed by atoms with Crippen LogP contribution in [0.4, 0.5) is 34.1 Å². The van der Waals surface area contributed by atoms with E-state index in [1.807, 2.05) is 0 Å². The van der Waals surface area contributed by atoms with Gasteiger partial charge in [0.2, 0.25) is 0 Å². The molecule has 372 valence electrons. The average Bonchev–Trinajstić information content (AvgIpc) is 3.66. The van der Waals surface area contributed by atoms with Gasteiger partial charge in [-0.15, -0.1) is 0 Å². The summed E-state index contributed by atoms with van der Waals surface area (Å²) in [5.41, 5.74) is 27.0. The van der Waals surface area contributed by atoms with Crippen molar-refractivity contribution in [1.29, 1.82) is 0 Å². The first kappa shape index (κ1) is 48.8. The first-order valence-electron chi connectivity index (χ1n) is 27.3. The van der Waals surface area contributed by atoms with Gasteiger partial charge in [-0.3, -0.25) is 0 Å². The quantitative estimate of drug-likeness (QED) is 0.165. The molecule has 3 heterocycles. The molecule has 0 spiro atoms. The lowest BCUT2D eigenvalue weighted by Gasteiger charge is -2.44. The summed E-state index contributed by atoms with van der Waals surface area (Å²) in [6.07, 6.45) is 4.66. The second-order valence-electron chi connectivity index (χ2n) is 28.6. The van der Waals surface area contributed by atoms with E-state index in [0.717, 1.165) is 24.1 Å². The van der Waals surface area contributed by atoms with Gasteiger partial charge in [-0.2, -0.15) is 0 Å². The molecule has 0 amide bonds. The Balaban J connectivity index is 1.29. The van der Waals surface area contributed by atoms with E-state index >= 15 is 0 Å². The van der Waals surface area contributed by atoms with E-state index < -0.39 is 0 Å². The maximum Gasteiger partial charge on any atom is 0.297 e. The van der Waals surface area contributed by atoms with Gasteiger partial charge in [0.1, 0.15) is 5.58 Å². The lowest BCUT2D eigenvalue weighted by Crippen LogP contribution is -2.61. The molecule has 6 aromatic carbocycles. The molecule has 0 unspecified atom stereocenters. The molecule has 2 aliphatic heterocycles. The number of rotatable bonds is 3. The van der Waals surface area contributed by atoms with Gasteiger partial charge in [0, 0.05) is 33.7 Å². The van der Waals surface area contributed by atoms with Crippen LogP contribution >= 0.6 is 0 Å². The van der Waals surface area contributed by atoms with Crippen LogP contribution in [0.15, 0.2) is 101 Å². The zero-order valence-electron chi connectivity index (χ0n) is 47.4. The summed E-state index contributed by atoms with van der Waals surface area (Å²) < 4.78 is 7.74. The monoisotopic (exact) mass is 953 g/mol. The van der Waals surface area contributed by atoms with Gasteiger partial charge in [0.05, 0.1) is 17.0 Å². The highest BCUT2D eigenvalue weighted by Gasteiger charge is 2.49. The van der Waals surface area contributed by atoms with Gasteiger partial charge in [-0.1, -0.05) is 154 Å². The molecule has 1 aromatic heterocycles. The minimum absolute atomic E-state index is 0.0206. The largest absolute Gasteiger partial charge is 0.468 e. The highest BCUT2D eigenvalue weighted by atomic mass is 16.3. The lowest BCUT2D eigenvalue weighted by molar-refractivity contribution is 0.332. The molecule has 0 bridgehead atoms. The van der Waals surface area contributed by atoms with Crippen LogP contribution in [0.2, 0.25) is 0 Å². The highest BCUT2D eigenvalue weighted by molar-refractivity contribution is 7.00. The fourth-order valence-electron chi connectivity index (χ4n) is 13.2. The first-order valence-corrected chi connectivity index (χ1v) is 27.3. The van der Waals surface area contributed by atoms with Crippen LogP contribution < -0.4 is 26.4 Å². The van der Waals surface area contributed by atoms with Gasteiger partial charge in [-0.05, 0) is 205 Å². The smallest absolute Gasteiger partial charge is 0.297 e. The van der Waals surface area contributed by atoms with Crippen molar-refractivity contribution < 1.29 is 4.42 Å². The Morgan fingerprint density at radius 1 is 0.458 bits per heavy atom. The van der Waals surface area contributed by atoms with E-state index in [2.05, 4.69) is 238 Å². The van der Waals surface area contributed by atoms with Crippen LogP contribution in [0.25, 0.3) is 22.1 Å². The number of fused-ring (bicyclic) bond motifs is 8. The van der Waals surface area contributed by atoms with E-state index in [1.165, 1.54) is 124 Å². The Labute approximate surface area is 433 Å². The molecule has 2 aliphatic carbocycles. The fraction of sp³-hybridized carbons (Fsp3) is 0.441. The van der Waals surface area contributed by atoms with E-state index in [9.17, 15) is 0 Å². The van der Waals surface area contributed by atoms with Gasteiger partial charge >= 0.3 is 0 Å². The summed E-state index contributed by atoms with van der Waals surface area (Å²) in [6, 6.07) is 39.2. The molecule has 0 atom stereocenters. The number of benzene rings is 6. The molecule has 11 rings (SSSR count). The predicted molar refractivity (Wildman–Crippen MR) is 312 cm³/mol. The SMILES string of the molecule is Cc1cc2c3c(c1)N(c1ccc(C(C)(C)C)cc1-c1cc4c(cc1C)C(C)(C)CCC4(C)C)c1c(oc4cc5c(cc14)C(C)(C)CCC5(C)C)B3c1cc(C(C)(C)C)ccc1N2c1ccc(C(C)(C)C)cc1. The van der Waals surface area contributed by atoms with E-state index in [4.69, 9.17) is 4.42 Å². The van der Waals surface area contributed by atoms with Crippen molar-refractivity contribution in [1.82, 2.24) is 0 Å². The van der Waals surface area contributed by atoms with Crippen molar-refractivity contribution >= 4 is 68.4 Å². The Morgan fingerprint density at radius 2 is 0.931 bits per heavy atom. The first-order chi connectivity index (χ1) is 33.4. The minimum atomic E-state index is -0.138. The average molecular weight is 953 g/mol. The third kappa shape index (κ3) is 7.48. The van der Waals surface area contributed by atoms with E-state index in [1.54, 1.807) is 0 Å². The maximum atomic E-state index is 7.74. The fourth-order valence-corrected chi connectivity index (χ4v) is 13.2. The number of hydrogen-bond donors (Lipinski definition) is 0. The zero-order chi connectivity index (χ0) is 51.8. The standard InChI is InChI=1S/C68H81BN2O/c1-40-32-56-59-57(33-40)71(54-26-22-43(63(6,7)8)35-47(54)46-37-50-49(34-41(46)2)65(12,13)28-29-66(50,14)15)60-48-38-51-52(68(18,19)31-30-67(51,16)17)39-58(48)72-61(60)69(59)53-36-44(64(9,10)11)23-27-55(53)70(56)45-24-20-42(21-25-45)62(3,4)5/h20-27,32-39H,28-31H2,1-19H3. The molecule has 0 saturated carbocycles. The van der Waals surface area contributed by atoms with Gasteiger partial charge < -0.3 is 14.2 Å². The molecular formula is C68H81BN2O. The third-order valence-corrected chi connectivity index (χ3v) is 18.2. The molecule has 72 heavy (non-hydrogen) atoms. The normalized spacial score (nSPS) is 18.3. The Kier molecular flexibility index (Phi) is 10.5.